The topological polar surface area (TPSA) is 67.2 Å². The largest absolute Gasteiger partial charge is 0.396 e. The maximum atomic E-state index is 11.9. The molecule has 0 bridgehead atoms. The van der Waals surface area contributed by atoms with Crippen molar-refractivity contribution in [2.75, 3.05) is 13.2 Å². The number of aliphatic hydroxyl groups is 1. The molecule has 1 aromatic rings. The zero-order chi connectivity index (χ0) is 13.9. The number of aromatic nitrogens is 2. The van der Waals surface area contributed by atoms with E-state index in [0.29, 0.717) is 12.2 Å². The van der Waals surface area contributed by atoms with E-state index in [1.54, 1.807) is 6.07 Å². The molecule has 0 aliphatic heterocycles. The Balaban J connectivity index is 2.76. The van der Waals surface area contributed by atoms with Crippen LogP contribution < -0.4 is 5.32 Å². The van der Waals surface area contributed by atoms with Gasteiger partial charge in [-0.15, -0.1) is 0 Å². The van der Waals surface area contributed by atoms with Gasteiger partial charge in [-0.05, 0) is 39.7 Å². The second kappa shape index (κ2) is 5.52. The molecule has 0 aromatic carbocycles. The standard InChI is InChI=1S/C13H23N3O2/c1-9(8-17)7-14-12(18)11-6-10(2)16(15-11)13(3,4)5/h6,9,17H,7-8H2,1-5H3,(H,14,18). The molecule has 0 radical (unpaired) electrons. The second-order valence-electron chi connectivity index (χ2n) is 5.75. The lowest BCUT2D eigenvalue weighted by atomic mass is 10.1. The third-order valence-corrected chi connectivity index (χ3v) is 2.68. The minimum atomic E-state index is -0.193. The first-order valence-corrected chi connectivity index (χ1v) is 6.22. The van der Waals surface area contributed by atoms with E-state index in [2.05, 4.69) is 10.4 Å². The molecule has 1 heterocycles. The average molecular weight is 253 g/mol. The summed E-state index contributed by atoms with van der Waals surface area (Å²) in [6.45, 7) is 10.5. The van der Waals surface area contributed by atoms with Crippen LogP contribution >= 0.6 is 0 Å². The Morgan fingerprint density at radius 3 is 2.61 bits per heavy atom. The fourth-order valence-corrected chi connectivity index (χ4v) is 1.69. The number of amides is 1. The molecule has 0 aliphatic carbocycles. The van der Waals surface area contributed by atoms with Crippen LogP contribution in [0.15, 0.2) is 6.07 Å². The summed E-state index contributed by atoms with van der Waals surface area (Å²) in [5.41, 5.74) is 1.25. The van der Waals surface area contributed by atoms with Gasteiger partial charge in [0.25, 0.3) is 5.91 Å². The predicted octanol–water partition coefficient (Wildman–Crippen LogP) is 1.30. The van der Waals surface area contributed by atoms with E-state index < -0.39 is 0 Å². The number of nitrogens with one attached hydrogen (secondary N) is 1. The van der Waals surface area contributed by atoms with E-state index in [1.165, 1.54) is 0 Å². The van der Waals surface area contributed by atoms with Crippen molar-refractivity contribution in [3.63, 3.8) is 0 Å². The van der Waals surface area contributed by atoms with Crippen LogP contribution in [0.4, 0.5) is 0 Å². The number of carbonyl (C=O) groups excluding carboxylic acids is 1. The SMILES string of the molecule is Cc1cc(C(=O)NCC(C)CO)nn1C(C)(C)C. The zero-order valence-electron chi connectivity index (χ0n) is 11.8. The quantitative estimate of drug-likeness (QED) is 0.850. The van der Waals surface area contributed by atoms with E-state index in [0.717, 1.165) is 5.69 Å². The lowest BCUT2D eigenvalue weighted by Gasteiger charge is -2.21. The summed E-state index contributed by atoms with van der Waals surface area (Å²) in [5.74, 6) is -0.138. The Morgan fingerprint density at radius 1 is 1.56 bits per heavy atom. The van der Waals surface area contributed by atoms with Crippen molar-refractivity contribution in [2.24, 2.45) is 5.92 Å². The van der Waals surface area contributed by atoms with Crippen LogP contribution in [-0.2, 0) is 5.54 Å². The molecule has 0 saturated carbocycles. The molecule has 1 aromatic heterocycles. The monoisotopic (exact) mass is 253 g/mol. The number of hydrogen-bond acceptors (Lipinski definition) is 3. The Bertz CT molecular complexity index is 418. The summed E-state index contributed by atoms with van der Waals surface area (Å²) in [7, 11) is 0. The highest BCUT2D eigenvalue weighted by Crippen LogP contribution is 2.16. The van der Waals surface area contributed by atoms with Crippen molar-refractivity contribution in [1.29, 1.82) is 0 Å². The van der Waals surface area contributed by atoms with Crippen LogP contribution in [0.3, 0.4) is 0 Å². The van der Waals surface area contributed by atoms with Crippen molar-refractivity contribution in [3.8, 4) is 0 Å². The molecule has 5 heteroatoms. The Morgan fingerprint density at radius 2 is 2.17 bits per heavy atom. The molecule has 0 saturated heterocycles. The van der Waals surface area contributed by atoms with Gasteiger partial charge in [0.15, 0.2) is 0 Å². The minimum absolute atomic E-state index is 0.0553. The highest BCUT2D eigenvalue weighted by molar-refractivity contribution is 5.92. The van der Waals surface area contributed by atoms with E-state index >= 15 is 0 Å². The molecule has 18 heavy (non-hydrogen) atoms. The molecular formula is C13H23N3O2. The third kappa shape index (κ3) is 3.57. The molecule has 102 valence electrons. The number of carbonyl (C=O) groups is 1. The van der Waals surface area contributed by atoms with Crippen molar-refractivity contribution < 1.29 is 9.90 Å². The van der Waals surface area contributed by atoms with Gasteiger partial charge in [0.2, 0.25) is 0 Å². The van der Waals surface area contributed by atoms with Gasteiger partial charge in [-0.2, -0.15) is 5.10 Å². The summed E-state index contributed by atoms with van der Waals surface area (Å²) in [5, 5.41) is 16.0. The second-order valence-corrected chi connectivity index (χ2v) is 5.75. The fourth-order valence-electron chi connectivity index (χ4n) is 1.69. The first-order chi connectivity index (χ1) is 8.25. The zero-order valence-corrected chi connectivity index (χ0v) is 11.8. The fraction of sp³-hybridized carbons (Fsp3) is 0.692. The van der Waals surface area contributed by atoms with Crippen molar-refractivity contribution >= 4 is 5.91 Å². The summed E-state index contributed by atoms with van der Waals surface area (Å²) in [6, 6.07) is 1.78. The highest BCUT2D eigenvalue weighted by Gasteiger charge is 2.20. The smallest absolute Gasteiger partial charge is 0.271 e. The lowest BCUT2D eigenvalue weighted by molar-refractivity contribution is 0.0935. The molecule has 1 atom stereocenters. The van der Waals surface area contributed by atoms with E-state index in [9.17, 15) is 4.79 Å². The molecule has 0 fully saturated rings. The van der Waals surface area contributed by atoms with E-state index in [4.69, 9.17) is 5.11 Å². The highest BCUT2D eigenvalue weighted by atomic mass is 16.3. The molecule has 1 unspecified atom stereocenters. The minimum Gasteiger partial charge on any atom is -0.396 e. The molecule has 0 aliphatic rings. The predicted molar refractivity (Wildman–Crippen MR) is 70.5 cm³/mol. The van der Waals surface area contributed by atoms with Gasteiger partial charge in [-0.1, -0.05) is 6.92 Å². The number of hydrogen-bond donors (Lipinski definition) is 2. The number of nitrogens with zero attached hydrogens (tertiary/aromatic N) is 2. The Labute approximate surface area is 108 Å². The lowest BCUT2D eigenvalue weighted by Crippen LogP contribution is -2.30. The summed E-state index contributed by atoms with van der Waals surface area (Å²) in [4.78, 5) is 11.9. The van der Waals surface area contributed by atoms with Crippen LogP contribution in [-0.4, -0.2) is 33.9 Å². The van der Waals surface area contributed by atoms with Crippen LogP contribution in [0.5, 0.6) is 0 Å². The van der Waals surface area contributed by atoms with Crippen molar-refractivity contribution in [2.45, 2.75) is 40.2 Å². The molecule has 1 rings (SSSR count). The van der Waals surface area contributed by atoms with Gasteiger partial charge in [0.1, 0.15) is 5.69 Å². The van der Waals surface area contributed by atoms with E-state index in [-0.39, 0.29) is 24.0 Å². The normalized spacial score (nSPS) is 13.4. The summed E-state index contributed by atoms with van der Waals surface area (Å²) in [6.07, 6.45) is 0. The average Bonchev–Trinajstić information content (AvgIpc) is 2.67. The first kappa shape index (κ1) is 14.7. The van der Waals surface area contributed by atoms with Crippen LogP contribution in [0.25, 0.3) is 0 Å². The molecule has 2 N–H and O–H groups in total. The van der Waals surface area contributed by atoms with Gasteiger partial charge in [-0.25, -0.2) is 0 Å². The summed E-state index contributed by atoms with van der Waals surface area (Å²) >= 11 is 0. The van der Waals surface area contributed by atoms with Crippen LogP contribution in [0, 0.1) is 12.8 Å². The number of aryl methyl sites for hydroxylation is 1. The Hall–Kier alpha value is -1.36. The summed E-state index contributed by atoms with van der Waals surface area (Å²) < 4.78 is 1.84. The van der Waals surface area contributed by atoms with Crippen molar-refractivity contribution in [3.05, 3.63) is 17.5 Å². The van der Waals surface area contributed by atoms with Gasteiger partial charge in [-0.3, -0.25) is 9.48 Å². The van der Waals surface area contributed by atoms with Gasteiger partial charge in [0, 0.05) is 18.8 Å². The molecule has 0 spiro atoms. The third-order valence-electron chi connectivity index (χ3n) is 2.68. The van der Waals surface area contributed by atoms with Crippen molar-refractivity contribution in [1.82, 2.24) is 15.1 Å². The van der Waals surface area contributed by atoms with Crippen LogP contribution in [0.2, 0.25) is 0 Å². The Kier molecular flexibility index (Phi) is 4.51. The maximum absolute atomic E-state index is 11.9. The van der Waals surface area contributed by atoms with Crippen LogP contribution in [0.1, 0.15) is 43.9 Å². The van der Waals surface area contributed by atoms with E-state index in [1.807, 2.05) is 39.3 Å². The first-order valence-electron chi connectivity index (χ1n) is 6.22. The molecule has 1 amide bonds. The van der Waals surface area contributed by atoms with Gasteiger partial charge >= 0.3 is 0 Å². The van der Waals surface area contributed by atoms with Gasteiger partial charge in [0.05, 0.1) is 5.54 Å². The number of aliphatic hydroxyl groups excluding tert-OH is 1. The number of rotatable bonds is 4. The van der Waals surface area contributed by atoms with Gasteiger partial charge < -0.3 is 10.4 Å². The molecule has 5 nitrogen and oxygen atoms in total. The maximum Gasteiger partial charge on any atom is 0.271 e. The molecular weight excluding hydrogens is 230 g/mol.